The molecule has 0 amide bonds. The fourth-order valence-electron chi connectivity index (χ4n) is 6.61. The highest BCUT2D eigenvalue weighted by atomic mass is 35.5. The van der Waals surface area contributed by atoms with Crippen molar-refractivity contribution in [1.82, 2.24) is 14.6 Å². The van der Waals surface area contributed by atoms with Crippen LogP contribution >= 0.6 is 11.6 Å². The third-order valence-electron chi connectivity index (χ3n) is 9.17. The molecule has 2 aromatic heterocycles. The van der Waals surface area contributed by atoms with Crippen molar-refractivity contribution in [2.75, 3.05) is 11.9 Å². The molecule has 4 atom stereocenters. The van der Waals surface area contributed by atoms with E-state index in [0.29, 0.717) is 37.6 Å². The lowest BCUT2D eigenvalue weighted by Crippen LogP contribution is -2.42. The normalized spacial score (nSPS) is 20.8. The first-order valence-corrected chi connectivity index (χ1v) is 16.9. The van der Waals surface area contributed by atoms with Crippen LogP contribution < -0.4 is 5.32 Å². The summed E-state index contributed by atoms with van der Waals surface area (Å²) in [6.45, 7) is 3.69. The number of hydrogen-bond donors (Lipinski definition) is 1. The van der Waals surface area contributed by atoms with Gasteiger partial charge in [-0.2, -0.15) is 5.10 Å². The fraction of sp³-hybridized carbons (Fsp3) is 0.368. The number of rotatable bonds is 15. The topological polar surface area (TPSA) is 82.4 Å². The van der Waals surface area contributed by atoms with Crippen molar-refractivity contribution in [3.8, 4) is 0 Å². The molecule has 7 rings (SSSR count). The lowest BCUT2D eigenvalue weighted by Gasteiger charge is -2.30. The van der Waals surface area contributed by atoms with Crippen LogP contribution in [-0.4, -0.2) is 45.2 Å². The van der Waals surface area contributed by atoms with Gasteiger partial charge in [-0.05, 0) is 29.5 Å². The van der Waals surface area contributed by atoms with E-state index in [9.17, 15) is 0 Å². The molecular formula is C38H41ClN4O4. The van der Waals surface area contributed by atoms with Crippen molar-refractivity contribution in [3.63, 3.8) is 0 Å². The second-order valence-electron chi connectivity index (χ2n) is 12.5. The van der Waals surface area contributed by atoms with Gasteiger partial charge in [0.15, 0.2) is 10.8 Å². The highest BCUT2D eigenvalue weighted by Crippen LogP contribution is 2.48. The van der Waals surface area contributed by atoms with E-state index in [1.807, 2.05) is 71.4 Å². The van der Waals surface area contributed by atoms with E-state index in [2.05, 4.69) is 48.6 Å². The molecule has 8 nitrogen and oxygen atoms in total. The second kappa shape index (κ2) is 14.5. The minimum atomic E-state index is -1.06. The monoisotopic (exact) mass is 652 g/mol. The third kappa shape index (κ3) is 7.37. The molecule has 1 saturated heterocycles. The Hall–Kier alpha value is -3.79. The maximum atomic E-state index is 6.82. The van der Waals surface area contributed by atoms with Gasteiger partial charge in [-0.1, -0.05) is 122 Å². The molecule has 1 aliphatic heterocycles. The second-order valence-corrected chi connectivity index (χ2v) is 12.9. The fourth-order valence-corrected chi connectivity index (χ4v) is 6.80. The number of anilines is 1. The summed E-state index contributed by atoms with van der Waals surface area (Å²) in [6.07, 6.45) is 5.74. The Morgan fingerprint density at radius 1 is 0.894 bits per heavy atom. The number of hydrogen-bond acceptors (Lipinski definition) is 7. The van der Waals surface area contributed by atoms with Crippen molar-refractivity contribution in [2.24, 2.45) is 0 Å². The molecule has 244 valence electrons. The number of nitrogens with zero attached hydrogens (tertiary/aromatic N) is 3. The van der Waals surface area contributed by atoms with Crippen molar-refractivity contribution >= 4 is 22.9 Å². The van der Waals surface area contributed by atoms with Crippen molar-refractivity contribution in [2.45, 2.75) is 82.4 Å². The Kier molecular flexibility index (Phi) is 9.84. The van der Waals surface area contributed by atoms with Crippen LogP contribution in [0.3, 0.4) is 0 Å². The lowest BCUT2D eigenvalue weighted by molar-refractivity contribution is -0.160. The average Bonchev–Trinajstić information content (AvgIpc) is 3.38. The average molecular weight is 653 g/mol. The Morgan fingerprint density at radius 2 is 1.51 bits per heavy atom. The number of aromatic nitrogens is 3. The van der Waals surface area contributed by atoms with Gasteiger partial charge < -0.3 is 24.3 Å². The van der Waals surface area contributed by atoms with Gasteiger partial charge in [0, 0.05) is 18.0 Å². The first-order valence-electron chi connectivity index (χ1n) is 16.5. The molecule has 2 aliphatic rings. The number of benzene rings is 3. The van der Waals surface area contributed by atoms with E-state index in [4.69, 9.17) is 40.6 Å². The zero-order valence-electron chi connectivity index (χ0n) is 26.6. The summed E-state index contributed by atoms with van der Waals surface area (Å²) < 4.78 is 28.1. The number of halogens is 1. The minimum Gasteiger partial charge on any atom is -0.379 e. The van der Waals surface area contributed by atoms with Gasteiger partial charge in [0.05, 0.1) is 44.0 Å². The summed E-state index contributed by atoms with van der Waals surface area (Å²) >= 11 is 6.62. The predicted octanol–water partition coefficient (Wildman–Crippen LogP) is 7.95. The summed E-state index contributed by atoms with van der Waals surface area (Å²) in [7, 11) is 0. The lowest BCUT2D eigenvalue weighted by atomic mass is 9.94. The van der Waals surface area contributed by atoms with Crippen molar-refractivity contribution in [3.05, 3.63) is 131 Å². The molecule has 2 fully saturated rings. The number of fused-ring (bicyclic) bond motifs is 1. The summed E-state index contributed by atoms with van der Waals surface area (Å²) in [5, 5.41) is 8.78. The Balaban J connectivity index is 1.20. The SMILES string of the molecule is C[C@@H](c1cnc2c(NC3CCCC3)cc(Cl)nn12)[C@H](OCc1ccccc1)[C@@]1(OCc2ccccc2)O[C@@H]1COCc1ccccc1. The summed E-state index contributed by atoms with van der Waals surface area (Å²) in [5.41, 5.74) is 5.70. The zero-order chi connectivity index (χ0) is 32.1. The number of epoxide rings is 1. The van der Waals surface area contributed by atoms with Crippen LogP contribution in [0.2, 0.25) is 5.15 Å². The van der Waals surface area contributed by atoms with Gasteiger partial charge in [-0.25, -0.2) is 9.50 Å². The summed E-state index contributed by atoms with van der Waals surface area (Å²) in [5.74, 6) is -1.30. The smallest absolute Gasteiger partial charge is 0.225 e. The summed E-state index contributed by atoms with van der Waals surface area (Å²) in [6, 6.07) is 32.7. The van der Waals surface area contributed by atoms with Gasteiger partial charge in [0.2, 0.25) is 5.79 Å². The molecule has 3 heterocycles. The first kappa shape index (κ1) is 31.8. The van der Waals surface area contributed by atoms with Gasteiger partial charge in [0.25, 0.3) is 0 Å². The molecule has 0 bridgehead atoms. The van der Waals surface area contributed by atoms with E-state index in [1.165, 1.54) is 12.8 Å². The van der Waals surface area contributed by atoms with E-state index < -0.39 is 11.9 Å². The van der Waals surface area contributed by atoms with Gasteiger partial charge >= 0.3 is 0 Å². The molecular weight excluding hydrogens is 612 g/mol. The van der Waals surface area contributed by atoms with E-state index in [0.717, 1.165) is 46.6 Å². The van der Waals surface area contributed by atoms with Crippen LogP contribution in [0.4, 0.5) is 5.69 Å². The van der Waals surface area contributed by atoms with Gasteiger partial charge in [-0.15, -0.1) is 0 Å². The molecule has 0 radical (unpaired) electrons. The van der Waals surface area contributed by atoms with Crippen LogP contribution in [-0.2, 0) is 38.8 Å². The van der Waals surface area contributed by atoms with E-state index >= 15 is 0 Å². The van der Waals surface area contributed by atoms with E-state index in [1.54, 1.807) is 0 Å². The van der Waals surface area contributed by atoms with Crippen LogP contribution in [0.1, 0.15) is 60.9 Å². The molecule has 3 aromatic carbocycles. The van der Waals surface area contributed by atoms with Crippen molar-refractivity contribution in [1.29, 1.82) is 0 Å². The summed E-state index contributed by atoms with van der Waals surface area (Å²) in [4.78, 5) is 4.84. The standard InChI is InChI=1S/C38H41ClN4O4/c1-27(33-22-40-37-32(21-35(39)42-43(33)37)41-31-19-11-12-20-31)36(45-24-29-15-7-3-8-16-29)38(46-25-30-17-9-4-10-18-30)34(47-38)26-44-23-28-13-5-2-6-14-28/h2-10,13-18,21-22,27,31,34,36,41H,11-12,19-20,23-26H2,1H3/t27-,34+,36-,38-/m0/s1. The maximum absolute atomic E-state index is 6.82. The minimum absolute atomic E-state index is 0.242. The van der Waals surface area contributed by atoms with Gasteiger partial charge in [-0.3, -0.25) is 0 Å². The molecule has 47 heavy (non-hydrogen) atoms. The highest BCUT2D eigenvalue weighted by molar-refractivity contribution is 6.29. The molecule has 1 saturated carbocycles. The predicted molar refractivity (Wildman–Crippen MR) is 182 cm³/mol. The Bertz CT molecular complexity index is 1730. The number of imidazole rings is 1. The molecule has 9 heteroatoms. The zero-order valence-corrected chi connectivity index (χ0v) is 27.4. The van der Waals surface area contributed by atoms with Crippen LogP contribution in [0.5, 0.6) is 0 Å². The molecule has 1 N–H and O–H groups in total. The van der Waals surface area contributed by atoms with Gasteiger partial charge in [0.1, 0.15) is 12.2 Å². The van der Waals surface area contributed by atoms with E-state index in [-0.39, 0.29) is 12.0 Å². The first-order chi connectivity index (χ1) is 23.1. The number of nitrogens with one attached hydrogen (secondary N) is 1. The van der Waals surface area contributed by atoms with Crippen LogP contribution in [0, 0.1) is 0 Å². The highest BCUT2D eigenvalue weighted by Gasteiger charge is 2.65. The molecule has 0 unspecified atom stereocenters. The van der Waals surface area contributed by atoms with Crippen LogP contribution in [0.15, 0.2) is 103 Å². The number of ether oxygens (including phenoxy) is 4. The third-order valence-corrected chi connectivity index (χ3v) is 9.36. The Labute approximate surface area is 281 Å². The Morgan fingerprint density at radius 3 is 2.17 bits per heavy atom. The largest absolute Gasteiger partial charge is 0.379 e. The molecule has 0 spiro atoms. The molecule has 1 aliphatic carbocycles. The molecule has 5 aromatic rings. The van der Waals surface area contributed by atoms with Crippen molar-refractivity contribution < 1.29 is 18.9 Å². The maximum Gasteiger partial charge on any atom is 0.225 e. The van der Waals surface area contributed by atoms with Crippen LogP contribution in [0.25, 0.3) is 5.65 Å². The quantitative estimate of drug-likeness (QED) is 0.115.